The number of unbranched alkanes of at least 4 members (excludes halogenated alkanes) is 1. The minimum absolute atomic E-state index is 0.198. The van der Waals surface area contributed by atoms with Crippen LogP contribution in [-0.4, -0.2) is 130 Å². The Morgan fingerprint density at radius 1 is 0.750 bits per heavy atom. The van der Waals surface area contributed by atoms with E-state index in [1.54, 1.807) is 0 Å². The quantitative estimate of drug-likeness (QED) is 0.442. The molecule has 1 unspecified atom stereocenters. The second-order valence-electron chi connectivity index (χ2n) is 8.42. The van der Waals surface area contributed by atoms with Crippen LogP contribution in [0, 0.1) is 0 Å². The molecule has 32 heavy (non-hydrogen) atoms. The number of nitrogens with zero attached hydrogens (tertiary/aromatic N) is 4. The summed E-state index contributed by atoms with van der Waals surface area (Å²) < 4.78 is 9.77. The third kappa shape index (κ3) is 10.8. The van der Waals surface area contributed by atoms with Crippen molar-refractivity contribution in [3.63, 3.8) is 0 Å². The van der Waals surface area contributed by atoms with Crippen LogP contribution in [0.4, 0.5) is 0 Å². The SMILES string of the molecule is CCCCC(=O)C(C)N1CCN(CC(=O)OC)CCN(CC)CCN(CC(=O)OC)CC1. The fraction of sp³-hybridized carbons (Fsp3) is 0.870. The molecule has 0 saturated carbocycles. The molecule has 0 N–H and O–H groups in total. The first kappa shape index (κ1) is 28.5. The Kier molecular flexibility index (Phi) is 14.4. The summed E-state index contributed by atoms with van der Waals surface area (Å²) in [5.74, 6) is -0.249. The van der Waals surface area contributed by atoms with E-state index in [4.69, 9.17) is 9.47 Å². The molecule has 0 aromatic rings. The highest BCUT2D eigenvalue weighted by Gasteiger charge is 2.24. The molecular formula is C23H44N4O5. The molecule has 1 fully saturated rings. The molecule has 0 aromatic heterocycles. The summed E-state index contributed by atoms with van der Waals surface area (Å²) in [6, 6.07) is -0.198. The van der Waals surface area contributed by atoms with E-state index in [1.807, 2.05) is 6.92 Å². The number of ether oxygens (including phenoxy) is 2. The van der Waals surface area contributed by atoms with E-state index in [9.17, 15) is 14.4 Å². The average molecular weight is 457 g/mol. The predicted octanol–water partition coefficient (Wildman–Crippen LogP) is 0.722. The normalized spacial score (nSPS) is 19.5. The summed E-state index contributed by atoms with van der Waals surface area (Å²) in [4.78, 5) is 45.3. The van der Waals surface area contributed by atoms with Crippen LogP contribution in [0.25, 0.3) is 0 Å². The Balaban J connectivity index is 2.98. The van der Waals surface area contributed by atoms with Gasteiger partial charge in [-0.2, -0.15) is 0 Å². The Labute approximate surface area is 194 Å². The molecule has 1 rings (SSSR count). The molecule has 1 aliphatic heterocycles. The van der Waals surface area contributed by atoms with Crippen molar-refractivity contribution in [1.29, 1.82) is 0 Å². The Hall–Kier alpha value is -1.55. The number of ketones is 1. The van der Waals surface area contributed by atoms with Gasteiger partial charge in [0.1, 0.15) is 5.78 Å². The third-order valence-corrected chi connectivity index (χ3v) is 6.27. The van der Waals surface area contributed by atoms with Crippen molar-refractivity contribution in [1.82, 2.24) is 19.6 Å². The van der Waals surface area contributed by atoms with Crippen molar-refractivity contribution in [3.8, 4) is 0 Å². The zero-order valence-electron chi connectivity index (χ0n) is 20.8. The van der Waals surface area contributed by atoms with Crippen LogP contribution in [-0.2, 0) is 23.9 Å². The number of hydrogen-bond acceptors (Lipinski definition) is 9. The average Bonchev–Trinajstić information content (AvgIpc) is 2.79. The molecule has 9 heteroatoms. The largest absolute Gasteiger partial charge is 0.468 e. The number of methoxy groups -OCH3 is 2. The molecule has 0 aliphatic carbocycles. The molecule has 1 aliphatic rings. The van der Waals surface area contributed by atoms with E-state index < -0.39 is 0 Å². The van der Waals surface area contributed by atoms with Crippen molar-refractivity contribution in [2.75, 3.05) is 86.2 Å². The molecule has 1 saturated heterocycles. The van der Waals surface area contributed by atoms with E-state index in [2.05, 4.69) is 33.4 Å². The first-order valence-electron chi connectivity index (χ1n) is 11.9. The smallest absolute Gasteiger partial charge is 0.319 e. The van der Waals surface area contributed by atoms with Crippen LogP contribution in [0.5, 0.6) is 0 Å². The number of esters is 2. The van der Waals surface area contributed by atoms with Gasteiger partial charge in [0.05, 0.1) is 33.4 Å². The number of Topliss-reactive ketones (excluding diaryl/α,β-unsaturated/α-hetero) is 1. The van der Waals surface area contributed by atoms with Crippen molar-refractivity contribution in [3.05, 3.63) is 0 Å². The summed E-state index contributed by atoms with van der Waals surface area (Å²) >= 11 is 0. The van der Waals surface area contributed by atoms with Crippen LogP contribution in [0.3, 0.4) is 0 Å². The second-order valence-corrected chi connectivity index (χ2v) is 8.42. The topological polar surface area (TPSA) is 82.6 Å². The van der Waals surface area contributed by atoms with Gasteiger partial charge in [0.25, 0.3) is 0 Å². The lowest BCUT2D eigenvalue weighted by molar-refractivity contribution is -0.142. The van der Waals surface area contributed by atoms with E-state index in [0.29, 0.717) is 32.6 Å². The van der Waals surface area contributed by atoms with Crippen molar-refractivity contribution < 1.29 is 23.9 Å². The van der Waals surface area contributed by atoms with Crippen LogP contribution in [0.15, 0.2) is 0 Å². The van der Waals surface area contributed by atoms with Gasteiger partial charge in [0, 0.05) is 58.8 Å². The highest BCUT2D eigenvalue weighted by molar-refractivity contribution is 5.83. The van der Waals surface area contributed by atoms with Crippen LogP contribution < -0.4 is 0 Å². The van der Waals surface area contributed by atoms with E-state index >= 15 is 0 Å². The van der Waals surface area contributed by atoms with Gasteiger partial charge < -0.3 is 14.4 Å². The van der Waals surface area contributed by atoms with Gasteiger partial charge in [-0.3, -0.25) is 29.1 Å². The molecule has 0 spiro atoms. The Morgan fingerprint density at radius 2 is 1.19 bits per heavy atom. The standard InChI is InChI=1S/C23H44N4O5/c1-6-8-9-21(28)20(3)27-16-14-25(18-22(29)31-4)12-10-24(7-2)11-13-26(15-17-27)19-23(30)32-5/h20H,6-19H2,1-5H3. The number of rotatable bonds is 10. The monoisotopic (exact) mass is 456 g/mol. The van der Waals surface area contributed by atoms with Gasteiger partial charge in [-0.25, -0.2) is 0 Å². The van der Waals surface area contributed by atoms with Gasteiger partial charge in [-0.15, -0.1) is 0 Å². The van der Waals surface area contributed by atoms with E-state index in [0.717, 1.165) is 45.6 Å². The fourth-order valence-corrected chi connectivity index (χ4v) is 3.83. The molecule has 0 aromatic carbocycles. The second kappa shape index (κ2) is 16.1. The molecule has 0 bridgehead atoms. The third-order valence-electron chi connectivity index (χ3n) is 6.27. The lowest BCUT2D eigenvalue weighted by Gasteiger charge is -2.35. The molecule has 0 radical (unpaired) electrons. The fourth-order valence-electron chi connectivity index (χ4n) is 3.83. The van der Waals surface area contributed by atoms with Gasteiger partial charge in [0.2, 0.25) is 0 Å². The van der Waals surface area contributed by atoms with Crippen LogP contribution in [0.1, 0.15) is 40.0 Å². The summed E-state index contributed by atoms with van der Waals surface area (Å²) in [5.41, 5.74) is 0. The zero-order chi connectivity index (χ0) is 23.9. The summed E-state index contributed by atoms with van der Waals surface area (Å²) in [5, 5.41) is 0. The number of likely N-dealkylation sites (N-methyl/N-ethyl adjacent to an activating group) is 1. The maximum Gasteiger partial charge on any atom is 0.319 e. The summed E-state index contributed by atoms with van der Waals surface area (Å²) in [7, 11) is 2.82. The minimum Gasteiger partial charge on any atom is -0.468 e. The van der Waals surface area contributed by atoms with E-state index in [1.165, 1.54) is 14.2 Å². The summed E-state index contributed by atoms with van der Waals surface area (Å²) in [6.07, 6.45) is 2.47. The molecule has 0 amide bonds. The van der Waals surface area contributed by atoms with Crippen molar-refractivity contribution in [2.24, 2.45) is 0 Å². The van der Waals surface area contributed by atoms with Gasteiger partial charge >= 0.3 is 11.9 Å². The Bertz CT molecular complexity index is 541. The highest BCUT2D eigenvalue weighted by Crippen LogP contribution is 2.09. The van der Waals surface area contributed by atoms with Crippen LogP contribution in [0.2, 0.25) is 0 Å². The van der Waals surface area contributed by atoms with Crippen molar-refractivity contribution in [2.45, 2.75) is 46.1 Å². The van der Waals surface area contributed by atoms with E-state index in [-0.39, 0.29) is 36.9 Å². The maximum absolute atomic E-state index is 12.7. The minimum atomic E-state index is -0.247. The predicted molar refractivity (Wildman–Crippen MR) is 125 cm³/mol. The van der Waals surface area contributed by atoms with Gasteiger partial charge in [-0.1, -0.05) is 20.3 Å². The number of carbonyl (C=O) groups excluding carboxylic acids is 3. The Morgan fingerprint density at radius 3 is 1.59 bits per heavy atom. The van der Waals surface area contributed by atoms with Crippen molar-refractivity contribution >= 4 is 17.7 Å². The maximum atomic E-state index is 12.7. The first-order valence-corrected chi connectivity index (χ1v) is 11.9. The number of carbonyl (C=O) groups is 3. The lowest BCUT2D eigenvalue weighted by Crippen LogP contribution is -2.50. The zero-order valence-corrected chi connectivity index (χ0v) is 20.8. The lowest BCUT2D eigenvalue weighted by atomic mass is 10.1. The van der Waals surface area contributed by atoms with Gasteiger partial charge in [-0.05, 0) is 19.9 Å². The molecule has 1 heterocycles. The van der Waals surface area contributed by atoms with Crippen LogP contribution >= 0.6 is 0 Å². The first-order chi connectivity index (χ1) is 15.3. The highest BCUT2D eigenvalue weighted by atomic mass is 16.5. The summed E-state index contributed by atoms with van der Waals surface area (Å²) in [6.45, 7) is 13.4. The molecule has 186 valence electrons. The molecular weight excluding hydrogens is 412 g/mol. The molecule has 9 nitrogen and oxygen atoms in total. The molecule has 1 atom stereocenters. The number of hydrogen-bond donors (Lipinski definition) is 0. The van der Waals surface area contributed by atoms with Gasteiger partial charge in [0.15, 0.2) is 0 Å².